The minimum absolute atomic E-state index is 0.311. The molecule has 0 aromatic heterocycles. The van der Waals surface area contributed by atoms with Crippen molar-refractivity contribution in [3.63, 3.8) is 0 Å². The number of hydrogen-bond donors (Lipinski definition) is 0. The number of thioether (sulfide) groups is 1. The van der Waals surface area contributed by atoms with Gasteiger partial charge in [-0.05, 0) is 53.4 Å². The number of allylic oxidation sites excluding steroid dienone is 5. The van der Waals surface area contributed by atoms with Crippen LogP contribution in [0.1, 0.15) is 53.4 Å². The zero-order chi connectivity index (χ0) is 17.0. The van der Waals surface area contributed by atoms with Crippen molar-refractivity contribution >= 4 is 22.0 Å². The van der Waals surface area contributed by atoms with Crippen LogP contribution in [-0.4, -0.2) is 25.7 Å². The van der Waals surface area contributed by atoms with Gasteiger partial charge in [0.1, 0.15) is 0 Å². The molecule has 0 N–H and O–H groups in total. The van der Waals surface area contributed by atoms with Gasteiger partial charge in [-0.1, -0.05) is 34.9 Å². The van der Waals surface area contributed by atoms with Crippen LogP contribution in [0.25, 0.3) is 0 Å². The standard InChI is InChI=1S/C17H29FO2S2/c1-15(2)7-5-8-16(3)9-6-10-17(4)11-12-21-13-14-22(18,19)20/h7,9,11H,5-6,8,10,12-14H2,1-4H3/b16-9+,17-11+. The van der Waals surface area contributed by atoms with Crippen LogP contribution in [0.4, 0.5) is 3.89 Å². The molecular formula is C17H29FO2S2. The summed E-state index contributed by atoms with van der Waals surface area (Å²) in [6.07, 6.45) is 10.9. The van der Waals surface area contributed by atoms with E-state index in [9.17, 15) is 12.3 Å². The van der Waals surface area contributed by atoms with Gasteiger partial charge in [-0.25, -0.2) is 0 Å². The largest absolute Gasteiger partial charge is 0.303 e. The average Bonchev–Trinajstić information content (AvgIpc) is 2.36. The van der Waals surface area contributed by atoms with Gasteiger partial charge in [0.25, 0.3) is 0 Å². The van der Waals surface area contributed by atoms with Crippen LogP contribution >= 0.6 is 11.8 Å². The molecule has 0 heterocycles. The molecule has 0 radical (unpaired) electrons. The van der Waals surface area contributed by atoms with Gasteiger partial charge in [-0.3, -0.25) is 0 Å². The van der Waals surface area contributed by atoms with Crippen molar-refractivity contribution < 1.29 is 12.3 Å². The molecular weight excluding hydrogens is 319 g/mol. The third-order valence-electron chi connectivity index (χ3n) is 3.14. The lowest BCUT2D eigenvalue weighted by Crippen LogP contribution is -2.01. The third-order valence-corrected chi connectivity index (χ3v) is 4.99. The predicted molar refractivity (Wildman–Crippen MR) is 97.6 cm³/mol. The maximum atomic E-state index is 12.3. The van der Waals surface area contributed by atoms with Gasteiger partial charge in [-0.15, -0.1) is 3.89 Å². The summed E-state index contributed by atoms with van der Waals surface area (Å²) >= 11 is 1.44. The van der Waals surface area contributed by atoms with Gasteiger partial charge in [-0.2, -0.15) is 20.2 Å². The first kappa shape index (κ1) is 21.4. The van der Waals surface area contributed by atoms with Crippen molar-refractivity contribution in [2.75, 3.05) is 17.3 Å². The van der Waals surface area contributed by atoms with Gasteiger partial charge in [0, 0.05) is 11.5 Å². The molecule has 0 spiro atoms. The summed E-state index contributed by atoms with van der Waals surface area (Å²) in [5.74, 6) is 0.661. The molecule has 0 aliphatic heterocycles. The van der Waals surface area contributed by atoms with E-state index in [0.29, 0.717) is 5.75 Å². The van der Waals surface area contributed by atoms with E-state index in [0.717, 1.165) is 31.4 Å². The molecule has 0 aromatic rings. The van der Waals surface area contributed by atoms with Gasteiger partial charge < -0.3 is 0 Å². The Morgan fingerprint density at radius 3 is 2.05 bits per heavy atom. The average molecular weight is 349 g/mol. The van der Waals surface area contributed by atoms with Gasteiger partial charge in [0.2, 0.25) is 0 Å². The molecule has 0 amide bonds. The fourth-order valence-corrected chi connectivity index (χ4v) is 3.62. The van der Waals surface area contributed by atoms with Crippen molar-refractivity contribution in [1.29, 1.82) is 0 Å². The van der Waals surface area contributed by atoms with Crippen molar-refractivity contribution in [2.24, 2.45) is 0 Å². The number of halogens is 1. The quantitative estimate of drug-likeness (QED) is 0.283. The minimum Gasteiger partial charge on any atom is -0.195 e. The molecule has 0 fully saturated rings. The molecule has 0 bridgehead atoms. The lowest BCUT2D eigenvalue weighted by atomic mass is 10.1. The Hall–Kier alpha value is -0.550. The molecule has 2 nitrogen and oxygen atoms in total. The second-order valence-corrected chi connectivity index (χ2v) is 8.41. The monoisotopic (exact) mass is 348 g/mol. The maximum absolute atomic E-state index is 12.3. The summed E-state index contributed by atoms with van der Waals surface area (Å²) in [6.45, 7) is 8.49. The molecule has 0 aliphatic carbocycles. The molecule has 0 aromatic carbocycles. The highest BCUT2D eigenvalue weighted by Crippen LogP contribution is 2.12. The minimum atomic E-state index is -4.32. The maximum Gasteiger partial charge on any atom is 0.303 e. The van der Waals surface area contributed by atoms with E-state index < -0.39 is 16.0 Å². The molecule has 0 atom stereocenters. The van der Waals surface area contributed by atoms with E-state index in [2.05, 4.69) is 45.9 Å². The zero-order valence-electron chi connectivity index (χ0n) is 14.2. The van der Waals surface area contributed by atoms with Crippen LogP contribution < -0.4 is 0 Å². The predicted octanol–water partition coefficient (Wildman–Crippen LogP) is 5.44. The first-order valence-corrected chi connectivity index (χ1v) is 10.4. The van der Waals surface area contributed by atoms with Gasteiger partial charge >= 0.3 is 10.2 Å². The Balaban J connectivity index is 3.85. The second-order valence-electron chi connectivity index (χ2n) is 5.78. The first-order valence-electron chi connectivity index (χ1n) is 7.65. The van der Waals surface area contributed by atoms with Gasteiger partial charge in [0.15, 0.2) is 0 Å². The summed E-state index contributed by atoms with van der Waals surface area (Å²) in [4.78, 5) is 0. The summed E-state index contributed by atoms with van der Waals surface area (Å²) in [5.41, 5.74) is 4.08. The molecule has 0 saturated heterocycles. The van der Waals surface area contributed by atoms with Crippen LogP contribution in [0.2, 0.25) is 0 Å². The lowest BCUT2D eigenvalue weighted by Gasteiger charge is -2.02. The van der Waals surface area contributed by atoms with Crippen molar-refractivity contribution in [1.82, 2.24) is 0 Å². The van der Waals surface area contributed by atoms with Crippen LogP contribution in [0.15, 0.2) is 34.9 Å². The number of rotatable bonds is 11. The third kappa shape index (κ3) is 15.8. The Morgan fingerprint density at radius 1 is 0.955 bits per heavy atom. The summed E-state index contributed by atoms with van der Waals surface area (Å²) in [6, 6.07) is 0. The normalized spacial score (nSPS) is 13.3. The van der Waals surface area contributed by atoms with Crippen LogP contribution in [0.3, 0.4) is 0 Å². The highest BCUT2D eigenvalue weighted by molar-refractivity contribution is 8.00. The fraction of sp³-hybridized carbons (Fsp3) is 0.647. The molecule has 128 valence electrons. The second kappa shape index (κ2) is 11.9. The first-order chi connectivity index (χ1) is 10.2. The van der Waals surface area contributed by atoms with Crippen LogP contribution in [-0.2, 0) is 10.2 Å². The molecule has 0 saturated carbocycles. The van der Waals surface area contributed by atoms with Gasteiger partial charge in [0.05, 0.1) is 5.75 Å². The van der Waals surface area contributed by atoms with Crippen molar-refractivity contribution in [3.05, 3.63) is 34.9 Å². The fourth-order valence-electron chi connectivity index (χ4n) is 1.78. The SMILES string of the molecule is CC(C)=CCC/C(C)=C/CC/C(C)=C/CSCCS(=O)(=O)F. The van der Waals surface area contributed by atoms with E-state index >= 15 is 0 Å². The van der Waals surface area contributed by atoms with Crippen LogP contribution in [0.5, 0.6) is 0 Å². The molecule has 0 unspecified atom stereocenters. The summed E-state index contributed by atoms with van der Waals surface area (Å²) < 4.78 is 33.0. The summed E-state index contributed by atoms with van der Waals surface area (Å²) in [5, 5.41) is 0. The summed E-state index contributed by atoms with van der Waals surface area (Å²) in [7, 11) is -4.32. The van der Waals surface area contributed by atoms with Crippen LogP contribution in [0, 0.1) is 0 Å². The molecule has 0 rings (SSSR count). The number of hydrogen-bond acceptors (Lipinski definition) is 3. The van der Waals surface area contributed by atoms with Crippen molar-refractivity contribution in [2.45, 2.75) is 53.4 Å². The highest BCUT2D eigenvalue weighted by atomic mass is 32.3. The Bertz CT molecular complexity index is 499. The van der Waals surface area contributed by atoms with E-state index in [4.69, 9.17) is 0 Å². The molecule has 5 heteroatoms. The topological polar surface area (TPSA) is 34.1 Å². The Kier molecular flexibility index (Phi) is 11.6. The Labute approximate surface area is 140 Å². The molecule has 0 aliphatic rings. The van der Waals surface area contributed by atoms with E-state index in [1.807, 2.05) is 0 Å². The van der Waals surface area contributed by atoms with E-state index in [1.165, 1.54) is 28.5 Å². The van der Waals surface area contributed by atoms with E-state index in [-0.39, 0.29) is 0 Å². The molecule has 22 heavy (non-hydrogen) atoms. The Morgan fingerprint density at radius 2 is 1.50 bits per heavy atom. The highest BCUT2D eigenvalue weighted by Gasteiger charge is 2.05. The smallest absolute Gasteiger partial charge is 0.195 e. The van der Waals surface area contributed by atoms with Crippen molar-refractivity contribution in [3.8, 4) is 0 Å². The zero-order valence-corrected chi connectivity index (χ0v) is 15.8. The lowest BCUT2D eigenvalue weighted by molar-refractivity contribution is 0.554. The van der Waals surface area contributed by atoms with E-state index in [1.54, 1.807) is 0 Å².